The minimum Gasteiger partial charge on any atom is -0.502 e. The number of hydrogen-bond donors (Lipinski definition) is 4. The van der Waals surface area contributed by atoms with Gasteiger partial charge in [-0.15, -0.1) is 0 Å². The number of ether oxygens (including phenoxy) is 2. The second-order valence-electron chi connectivity index (χ2n) is 10.4. The molecular weight excluding hydrogens is 514 g/mol. The number of nitrogens with two attached hydrogens (primary N) is 1. The number of esters is 1. The molecule has 0 unspecified atom stereocenters. The van der Waals surface area contributed by atoms with Crippen molar-refractivity contribution in [2.24, 2.45) is 17.1 Å². The molecule has 5 N–H and O–H groups in total. The number of aliphatic hydroxyl groups excluding tert-OH is 1. The molecule has 1 rings (SSSR count). The molecule has 0 spiro atoms. The van der Waals surface area contributed by atoms with Crippen molar-refractivity contribution in [1.29, 1.82) is 0 Å². The highest BCUT2D eigenvalue weighted by molar-refractivity contribution is 5.97. The second kappa shape index (κ2) is 16.6. The summed E-state index contributed by atoms with van der Waals surface area (Å²) in [7, 11) is 0. The summed E-state index contributed by atoms with van der Waals surface area (Å²) < 4.78 is 10.2. The van der Waals surface area contributed by atoms with Crippen LogP contribution < -0.4 is 16.4 Å². The average Bonchev–Trinajstić information content (AvgIpc) is 2.86. The van der Waals surface area contributed by atoms with Gasteiger partial charge in [-0.2, -0.15) is 0 Å². The molecule has 3 amide bonds. The average molecular weight is 556 g/mol. The first-order chi connectivity index (χ1) is 18.7. The molecule has 0 fully saturated rings. The lowest BCUT2D eigenvalue weighted by molar-refractivity contribution is -0.150. The molecule has 1 heterocycles. The van der Waals surface area contributed by atoms with E-state index in [4.69, 9.17) is 15.2 Å². The summed E-state index contributed by atoms with van der Waals surface area (Å²) in [6.45, 7) is 11.1. The van der Waals surface area contributed by atoms with E-state index in [1.54, 1.807) is 12.2 Å². The largest absolute Gasteiger partial charge is 0.502 e. The SMILES string of the molecule is C/C=C\C[C@@H](C/C=C\NC(=O)[C@@H](NC(=O)C#C/C=C\C(C)=C\[C@H](C)[C@@H]1CC=C(O)C(=O)O1)C(C)(C)C)OC(N)=O. The zero-order chi connectivity index (χ0) is 30.3. The molecule has 10 nitrogen and oxygen atoms in total. The number of rotatable bonds is 11. The lowest BCUT2D eigenvalue weighted by atomic mass is 9.86. The predicted octanol–water partition coefficient (Wildman–Crippen LogP) is 3.87. The van der Waals surface area contributed by atoms with Crippen molar-refractivity contribution < 1.29 is 33.8 Å². The summed E-state index contributed by atoms with van der Waals surface area (Å²) in [6, 6.07) is -0.863. The molecule has 0 saturated heterocycles. The number of cyclic esters (lactones) is 1. The molecule has 0 bridgehead atoms. The fourth-order valence-electron chi connectivity index (χ4n) is 3.67. The van der Waals surface area contributed by atoms with Gasteiger partial charge in [-0.05, 0) is 43.5 Å². The van der Waals surface area contributed by atoms with E-state index >= 15 is 0 Å². The van der Waals surface area contributed by atoms with E-state index in [1.165, 1.54) is 18.4 Å². The summed E-state index contributed by atoms with van der Waals surface area (Å²) in [4.78, 5) is 47.8. The molecule has 10 heteroatoms. The van der Waals surface area contributed by atoms with Crippen molar-refractivity contribution >= 4 is 23.9 Å². The highest BCUT2D eigenvalue weighted by Gasteiger charge is 2.32. The topological polar surface area (TPSA) is 157 Å². The van der Waals surface area contributed by atoms with Gasteiger partial charge in [0.15, 0.2) is 5.76 Å². The lowest BCUT2D eigenvalue weighted by Gasteiger charge is -2.29. The van der Waals surface area contributed by atoms with Gasteiger partial charge in [0.1, 0.15) is 18.2 Å². The van der Waals surface area contributed by atoms with Crippen LogP contribution in [0.3, 0.4) is 0 Å². The monoisotopic (exact) mass is 555 g/mol. The number of aliphatic hydroxyl groups is 1. The van der Waals surface area contributed by atoms with Crippen LogP contribution >= 0.6 is 0 Å². The predicted molar refractivity (Wildman–Crippen MR) is 152 cm³/mol. The van der Waals surface area contributed by atoms with Gasteiger partial charge in [-0.3, -0.25) is 9.59 Å². The minimum absolute atomic E-state index is 0.0935. The van der Waals surface area contributed by atoms with Gasteiger partial charge in [-0.25, -0.2) is 9.59 Å². The molecule has 1 aliphatic heterocycles. The summed E-state index contributed by atoms with van der Waals surface area (Å²) in [5.41, 5.74) is 5.36. The Morgan fingerprint density at radius 1 is 1.27 bits per heavy atom. The van der Waals surface area contributed by atoms with E-state index in [2.05, 4.69) is 22.5 Å². The maximum Gasteiger partial charge on any atom is 0.404 e. The summed E-state index contributed by atoms with van der Waals surface area (Å²) >= 11 is 0. The smallest absolute Gasteiger partial charge is 0.404 e. The highest BCUT2D eigenvalue weighted by Crippen LogP contribution is 2.22. The second-order valence-corrected chi connectivity index (χ2v) is 10.4. The zero-order valence-electron chi connectivity index (χ0n) is 24.0. The Hall–Kier alpha value is -4.26. The van der Waals surface area contributed by atoms with Crippen LogP contribution in [0.4, 0.5) is 4.79 Å². The fourth-order valence-corrected chi connectivity index (χ4v) is 3.67. The first-order valence-corrected chi connectivity index (χ1v) is 13.0. The number of amides is 3. The van der Waals surface area contributed by atoms with Crippen LogP contribution in [-0.4, -0.2) is 47.2 Å². The minimum atomic E-state index is -0.870. The fraction of sp³-hybridized carbons (Fsp3) is 0.467. The van der Waals surface area contributed by atoms with Crippen LogP contribution in [0.15, 0.2) is 60.1 Å². The number of carbonyl (C=O) groups is 4. The van der Waals surface area contributed by atoms with Crippen LogP contribution in [0.1, 0.15) is 60.8 Å². The van der Waals surface area contributed by atoms with Gasteiger partial charge in [-0.1, -0.05) is 69.6 Å². The zero-order valence-corrected chi connectivity index (χ0v) is 24.0. The Bertz CT molecular complexity index is 1130. The number of nitrogens with one attached hydrogen (secondary N) is 2. The van der Waals surface area contributed by atoms with Crippen molar-refractivity contribution in [3.8, 4) is 11.8 Å². The van der Waals surface area contributed by atoms with E-state index < -0.39 is 41.4 Å². The first-order valence-electron chi connectivity index (χ1n) is 13.0. The van der Waals surface area contributed by atoms with Gasteiger partial charge in [0.2, 0.25) is 5.91 Å². The number of allylic oxidation sites excluding steroid dienone is 4. The van der Waals surface area contributed by atoms with E-state index in [9.17, 15) is 24.3 Å². The Balaban J connectivity index is 2.71. The van der Waals surface area contributed by atoms with Gasteiger partial charge in [0, 0.05) is 25.2 Å². The summed E-state index contributed by atoms with van der Waals surface area (Å²) in [5, 5.41) is 14.7. The van der Waals surface area contributed by atoms with Crippen molar-refractivity contribution in [3.63, 3.8) is 0 Å². The van der Waals surface area contributed by atoms with Gasteiger partial charge >= 0.3 is 12.1 Å². The van der Waals surface area contributed by atoms with Gasteiger partial charge in [0.25, 0.3) is 5.91 Å². The van der Waals surface area contributed by atoms with Crippen molar-refractivity contribution in [1.82, 2.24) is 10.6 Å². The molecule has 0 aromatic carbocycles. The maximum absolute atomic E-state index is 12.8. The number of carbonyl (C=O) groups excluding carboxylic acids is 4. The van der Waals surface area contributed by atoms with Crippen molar-refractivity contribution in [2.75, 3.05) is 0 Å². The van der Waals surface area contributed by atoms with E-state index in [-0.39, 0.29) is 17.8 Å². The van der Waals surface area contributed by atoms with Crippen LogP contribution in [-0.2, 0) is 23.9 Å². The molecule has 0 radical (unpaired) electrons. The Kier molecular flexibility index (Phi) is 14.1. The van der Waals surface area contributed by atoms with Crippen molar-refractivity contribution in [2.45, 2.75) is 79.1 Å². The van der Waals surface area contributed by atoms with Crippen LogP contribution in [0.2, 0.25) is 0 Å². The Morgan fingerprint density at radius 3 is 2.55 bits per heavy atom. The third-order valence-electron chi connectivity index (χ3n) is 5.80. The van der Waals surface area contributed by atoms with Crippen molar-refractivity contribution in [3.05, 3.63) is 60.1 Å². The molecule has 0 aromatic rings. The van der Waals surface area contributed by atoms with Crippen LogP contribution in [0.5, 0.6) is 0 Å². The third kappa shape index (κ3) is 13.0. The summed E-state index contributed by atoms with van der Waals surface area (Å²) in [5.74, 6) is 2.89. The Labute approximate surface area is 236 Å². The number of primary amides is 1. The maximum atomic E-state index is 12.8. The molecule has 218 valence electrons. The quantitative estimate of drug-likeness (QED) is 0.130. The molecule has 4 atom stereocenters. The molecule has 0 aromatic heterocycles. The molecule has 0 aliphatic carbocycles. The normalized spacial score (nSPS) is 18.4. The first kappa shape index (κ1) is 33.8. The molecule has 40 heavy (non-hydrogen) atoms. The van der Waals surface area contributed by atoms with E-state index in [0.717, 1.165) is 5.57 Å². The highest BCUT2D eigenvalue weighted by atomic mass is 16.6. The van der Waals surface area contributed by atoms with E-state index in [1.807, 2.05) is 59.8 Å². The standard InChI is InChI=1S/C30H41N3O7/c1-7-8-13-22(39-29(31)38)14-11-18-32-27(36)26(30(4,5)6)33-25(35)15-10-9-12-20(2)19-21(3)24-17-16-23(34)28(37)40-24/h7-9,11-12,16,18-19,21-22,24,26,34H,13-14,17H2,1-6H3,(H2,31,38)(H,32,36)(H,33,35)/b8-7-,12-9-,18-11-,20-19+/t21-,22-,24-,26+/m0/s1. The lowest BCUT2D eigenvalue weighted by Crippen LogP contribution is -2.52. The molecule has 1 aliphatic rings. The number of hydrogen-bond acceptors (Lipinski definition) is 7. The molecular formula is C30H41N3O7. The Morgan fingerprint density at radius 2 is 1.95 bits per heavy atom. The summed E-state index contributed by atoms with van der Waals surface area (Å²) in [6.07, 6.45) is 12.9. The van der Waals surface area contributed by atoms with Crippen LogP contribution in [0, 0.1) is 23.2 Å². The van der Waals surface area contributed by atoms with Gasteiger partial charge < -0.3 is 30.9 Å². The molecule has 0 saturated carbocycles. The van der Waals surface area contributed by atoms with Crippen LogP contribution in [0.25, 0.3) is 0 Å². The van der Waals surface area contributed by atoms with E-state index in [0.29, 0.717) is 19.3 Å². The third-order valence-corrected chi connectivity index (χ3v) is 5.80. The van der Waals surface area contributed by atoms with Gasteiger partial charge in [0.05, 0.1) is 0 Å².